The minimum Gasteiger partial charge on any atom is -0.495 e. The fourth-order valence-electron chi connectivity index (χ4n) is 2.57. The zero-order valence-electron chi connectivity index (χ0n) is 14.0. The van der Waals surface area contributed by atoms with Crippen molar-refractivity contribution in [3.63, 3.8) is 0 Å². The topological polar surface area (TPSA) is 47.6 Å². The van der Waals surface area contributed by atoms with Crippen LogP contribution in [0, 0.1) is 6.92 Å². The van der Waals surface area contributed by atoms with Gasteiger partial charge in [-0.05, 0) is 57.4 Å². The van der Waals surface area contributed by atoms with Gasteiger partial charge in [-0.2, -0.15) is 0 Å². The van der Waals surface area contributed by atoms with Crippen molar-refractivity contribution >= 4 is 38.3 Å². The van der Waals surface area contributed by atoms with Crippen LogP contribution in [-0.2, 0) is 4.79 Å². The fraction of sp³-hybridized carbons (Fsp3) is 0.150. The summed E-state index contributed by atoms with van der Waals surface area (Å²) in [4.78, 5) is 12.2. The SMILES string of the molecule is COc1ccc(C)cc1NC(=O)COc1ccc2ccccc2c1Br. The van der Waals surface area contributed by atoms with E-state index < -0.39 is 0 Å². The van der Waals surface area contributed by atoms with Gasteiger partial charge in [0.1, 0.15) is 11.5 Å². The number of amides is 1. The number of rotatable bonds is 5. The van der Waals surface area contributed by atoms with Crippen LogP contribution < -0.4 is 14.8 Å². The van der Waals surface area contributed by atoms with Gasteiger partial charge in [-0.25, -0.2) is 0 Å². The van der Waals surface area contributed by atoms with Crippen LogP contribution in [0.1, 0.15) is 5.56 Å². The van der Waals surface area contributed by atoms with Crippen molar-refractivity contribution in [2.24, 2.45) is 0 Å². The zero-order valence-corrected chi connectivity index (χ0v) is 15.6. The molecule has 0 bridgehead atoms. The Morgan fingerprint density at radius 2 is 1.84 bits per heavy atom. The molecule has 0 aromatic heterocycles. The molecule has 3 aromatic carbocycles. The predicted octanol–water partition coefficient (Wildman–Crippen LogP) is 4.94. The van der Waals surface area contributed by atoms with Crippen LogP contribution in [0.4, 0.5) is 5.69 Å². The monoisotopic (exact) mass is 399 g/mol. The molecule has 0 fully saturated rings. The van der Waals surface area contributed by atoms with E-state index in [-0.39, 0.29) is 12.5 Å². The van der Waals surface area contributed by atoms with Gasteiger partial charge >= 0.3 is 0 Å². The minimum absolute atomic E-state index is 0.0892. The van der Waals surface area contributed by atoms with E-state index in [9.17, 15) is 4.79 Å². The van der Waals surface area contributed by atoms with E-state index in [4.69, 9.17) is 9.47 Å². The molecule has 3 aromatic rings. The van der Waals surface area contributed by atoms with E-state index >= 15 is 0 Å². The van der Waals surface area contributed by atoms with Crippen molar-refractivity contribution in [1.82, 2.24) is 0 Å². The van der Waals surface area contributed by atoms with Crippen LogP contribution in [0.2, 0.25) is 0 Å². The first-order valence-electron chi connectivity index (χ1n) is 7.83. The van der Waals surface area contributed by atoms with E-state index in [2.05, 4.69) is 21.2 Å². The maximum Gasteiger partial charge on any atom is 0.262 e. The Bertz CT molecular complexity index is 924. The van der Waals surface area contributed by atoms with Gasteiger partial charge in [0, 0.05) is 0 Å². The summed E-state index contributed by atoms with van der Waals surface area (Å²) in [6.07, 6.45) is 0. The first-order valence-corrected chi connectivity index (χ1v) is 8.62. The second kappa shape index (κ2) is 7.57. The van der Waals surface area contributed by atoms with Crippen LogP contribution >= 0.6 is 15.9 Å². The van der Waals surface area contributed by atoms with Crippen LogP contribution in [-0.4, -0.2) is 19.6 Å². The number of hydrogen-bond acceptors (Lipinski definition) is 3. The molecule has 128 valence electrons. The molecule has 1 N–H and O–H groups in total. The van der Waals surface area contributed by atoms with Gasteiger partial charge in [0.05, 0.1) is 17.3 Å². The third-order valence-electron chi connectivity index (χ3n) is 3.82. The molecule has 0 aliphatic rings. The molecule has 0 heterocycles. The molecule has 0 spiro atoms. The predicted molar refractivity (Wildman–Crippen MR) is 104 cm³/mol. The summed E-state index contributed by atoms with van der Waals surface area (Å²) in [6.45, 7) is 1.87. The van der Waals surface area contributed by atoms with E-state index in [1.54, 1.807) is 7.11 Å². The lowest BCUT2D eigenvalue weighted by molar-refractivity contribution is -0.118. The van der Waals surface area contributed by atoms with Crippen molar-refractivity contribution < 1.29 is 14.3 Å². The highest BCUT2D eigenvalue weighted by Crippen LogP contribution is 2.33. The Morgan fingerprint density at radius 1 is 1.08 bits per heavy atom. The third-order valence-corrected chi connectivity index (χ3v) is 4.63. The lowest BCUT2D eigenvalue weighted by atomic mass is 10.1. The molecule has 0 radical (unpaired) electrons. The molecule has 3 rings (SSSR count). The summed E-state index contributed by atoms with van der Waals surface area (Å²) < 4.78 is 11.8. The van der Waals surface area contributed by atoms with Gasteiger partial charge < -0.3 is 14.8 Å². The summed E-state index contributed by atoms with van der Waals surface area (Å²) in [7, 11) is 1.57. The lowest BCUT2D eigenvalue weighted by Crippen LogP contribution is -2.20. The number of carbonyl (C=O) groups is 1. The molecule has 1 amide bonds. The van der Waals surface area contributed by atoms with Gasteiger partial charge in [0.2, 0.25) is 0 Å². The first-order chi connectivity index (χ1) is 12.1. The van der Waals surface area contributed by atoms with Gasteiger partial charge in [0.25, 0.3) is 5.91 Å². The second-order valence-electron chi connectivity index (χ2n) is 5.64. The number of benzene rings is 3. The van der Waals surface area contributed by atoms with E-state index in [0.717, 1.165) is 20.8 Å². The number of carbonyl (C=O) groups excluding carboxylic acids is 1. The number of hydrogen-bond donors (Lipinski definition) is 1. The summed E-state index contributed by atoms with van der Waals surface area (Å²) in [5.41, 5.74) is 1.67. The van der Waals surface area contributed by atoms with E-state index in [1.807, 2.05) is 61.5 Å². The fourth-order valence-corrected chi connectivity index (χ4v) is 3.18. The molecule has 4 nitrogen and oxygen atoms in total. The summed E-state index contributed by atoms with van der Waals surface area (Å²) in [5, 5.41) is 4.97. The maximum absolute atomic E-state index is 12.2. The zero-order chi connectivity index (χ0) is 17.8. The van der Waals surface area contributed by atoms with Crippen molar-refractivity contribution in [2.75, 3.05) is 19.0 Å². The van der Waals surface area contributed by atoms with Gasteiger partial charge in [-0.1, -0.05) is 36.4 Å². The quantitative estimate of drug-likeness (QED) is 0.660. The molecule has 0 saturated carbocycles. The van der Waals surface area contributed by atoms with Crippen LogP contribution in [0.3, 0.4) is 0 Å². The van der Waals surface area contributed by atoms with Gasteiger partial charge in [-0.3, -0.25) is 4.79 Å². The third kappa shape index (κ3) is 3.94. The largest absolute Gasteiger partial charge is 0.495 e. The number of anilines is 1. The maximum atomic E-state index is 12.2. The van der Waals surface area contributed by atoms with E-state index in [0.29, 0.717) is 17.2 Å². The van der Waals surface area contributed by atoms with Crippen LogP contribution in [0.5, 0.6) is 11.5 Å². The van der Waals surface area contributed by atoms with Crippen molar-refractivity contribution in [3.8, 4) is 11.5 Å². The highest BCUT2D eigenvalue weighted by atomic mass is 79.9. The van der Waals surface area contributed by atoms with E-state index in [1.165, 1.54) is 0 Å². The standard InChI is InChI=1S/C20H18BrNO3/c1-13-7-9-17(24-2)16(11-13)22-19(23)12-25-18-10-8-14-5-3-4-6-15(14)20(18)21/h3-11H,12H2,1-2H3,(H,22,23). The van der Waals surface area contributed by atoms with Crippen molar-refractivity contribution in [2.45, 2.75) is 6.92 Å². The minimum atomic E-state index is -0.246. The number of fused-ring (bicyclic) bond motifs is 1. The Morgan fingerprint density at radius 3 is 2.64 bits per heavy atom. The molecule has 0 aliphatic carbocycles. The Labute approximate surface area is 154 Å². The van der Waals surface area contributed by atoms with Crippen molar-refractivity contribution in [1.29, 1.82) is 0 Å². The molecular formula is C20H18BrNO3. The molecular weight excluding hydrogens is 382 g/mol. The molecule has 0 unspecified atom stereocenters. The van der Waals surface area contributed by atoms with Crippen LogP contribution in [0.25, 0.3) is 10.8 Å². The Hall–Kier alpha value is -2.53. The smallest absolute Gasteiger partial charge is 0.262 e. The molecule has 0 aliphatic heterocycles. The highest BCUT2D eigenvalue weighted by Gasteiger charge is 2.11. The Balaban J connectivity index is 1.71. The summed E-state index contributed by atoms with van der Waals surface area (Å²) >= 11 is 3.55. The average Bonchev–Trinajstić information content (AvgIpc) is 2.61. The van der Waals surface area contributed by atoms with Crippen LogP contribution in [0.15, 0.2) is 59.1 Å². The number of aryl methyl sites for hydroxylation is 1. The molecule has 5 heteroatoms. The molecule has 0 atom stereocenters. The number of nitrogens with one attached hydrogen (secondary N) is 1. The van der Waals surface area contributed by atoms with Crippen molar-refractivity contribution in [3.05, 3.63) is 64.6 Å². The van der Waals surface area contributed by atoms with Gasteiger partial charge in [0.15, 0.2) is 6.61 Å². The molecule has 25 heavy (non-hydrogen) atoms. The lowest BCUT2D eigenvalue weighted by Gasteiger charge is -2.13. The highest BCUT2D eigenvalue weighted by molar-refractivity contribution is 9.10. The second-order valence-corrected chi connectivity index (χ2v) is 6.43. The Kier molecular flexibility index (Phi) is 5.24. The van der Waals surface area contributed by atoms with Gasteiger partial charge in [-0.15, -0.1) is 0 Å². The number of methoxy groups -OCH3 is 1. The first kappa shape index (κ1) is 17.3. The summed E-state index contributed by atoms with van der Waals surface area (Å²) in [6, 6.07) is 17.4. The normalized spacial score (nSPS) is 10.5. The summed E-state index contributed by atoms with van der Waals surface area (Å²) in [5.74, 6) is 1.000. The average molecular weight is 400 g/mol. The molecule has 0 saturated heterocycles. The number of ether oxygens (including phenoxy) is 2. The number of halogens is 1.